The van der Waals surface area contributed by atoms with Crippen molar-refractivity contribution < 1.29 is 4.74 Å². The van der Waals surface area contributed by atoms with Crippen LogP contribution in [0.15, 0.2) is 22.7 Å². The fourth-order valence-electron chi connectivity index (χ4n) is 2.11. The third kappa shape index (κ3) is 2.81. The van der Waals surface area contributed by atoms with Crippen LogP contribution in [0.25, 0.3) is 0 Å². The van der Waals surface area contributed by atoms with E-state index in [4.69, 9.17) is 10.6 Å². The Morgan fingerprint density at radius 3 is 2.76 bits per heavy atom. The number of hydrogen-bond donors (Lipinski definition) is 2. The Kier molecular flexibility index (Phi) is 3.76. The average Bonchev–Trinajstić information content (AvgIpc) is 3.07. The van der Waals surface area contributed by atoms with Crippen LogP contribution >= 0.6 is 15.9 Å². The van der Waals surface area contributed by atoms with Gasteiger partial charge in [0.15, 0.2) is 0 Å². The first-order chi connectivity index (χ1) is 8.09. The summed E-state index contributed by atoms with van der Waals surface area (Å²) >= 11 is 3.58. The van der Waals surface area contributed by atoms with Gasteiger partial charge in [-0.2, -0.15) is 0 Å². The molecule has 0 aliphatic heterocycles. The van der Waals surface area contributed by atoms with Crippen LogP contribution < -0.4 is 16.0 Å². The molecular weight excluding hydrogens is 280 g/mol. The Morgan fingerprint density at radius 1 is 1.53 bits per heavy atom. The summed E-state index contributed by atoms with van der Waals surface area (Å²) in [7, 11) is 1.69. The van der Waals surface area contributed by atoms with E-state index in [9.17, 15) is 0 Å². The van der Waals surface area contributed by atoms with E-state index in [-0.39, 0.29) is 0 Å². The second-order valence-corrected chi connectivity index (χ2v) is 5.89. The third-order valence-electron chi connectivity index (χ3n) is 3.76. The quantitative estimate of drug-likeness (QED) is 0.649. The largest absolute Gasteiger partial charge is 0.497 e. The van der Waals surface area contributed by atoms with E-state index >= 15 is 0 Å². The minimum absolute atomic E-state index is 0.325. The predicted octanol–water partition coefficient (Wildman–Crippen LogP) is 2.63. The van der Waals surface area contributed by atoms with Crippen molar-refractivity contribution in [2.45, 2.75) is 32.2 Å². The number of halogens is 1. The van der Waals surface area contributed by atoms with Gasteiger partial charge in [-0.05, 0) is 48.4 Å². The Hall–Kier alpha value is -0.580. The van der Waals surface area contributed by atoms with Gasteiger partial charge in [-0.15, -0.1) is 0 Å². The van der Waals surface area contributed by atoms with Crippen molar-refractivity contribution in [3.63, 3.8) is 0 Å². The first-order valence-electron chi connectivity index (χ1n) is 5.87. The number of nitrogens with one attached hydrogen (secondary N) is 1. The molecule has 1 aliphatic carbocycles. The molecule has 1 fully saturated rings. The number of hydrazine groups is 1. The van der Waals surface area contributed by atoms with Crippen LogP contribution in [0.4, 0.5) is 0 Å². The number of benzene rings is 1. The molecule has 94 valence electrons. The molecule has 0 aromatic heterocycles. The smallest absolute Gasteiger partial charge is 0.119 e. The molecule has 1 aliphatic rings. The maximum atomic E-state index is 5.67. The van der Waals surface area contributed by atoms with Crippen molar-refractivity contribution in [2.24, 2.45) is 11.3 Å². The van der Waals surface area contributed by atoms with E-state index in [2.05, 4.69) is 34.3 Å². The van der Waals surface area contributed by atoms with E-state index < -0.39 is 0 Å². The normalized spacial score (nSPS) is 18.8. The minimum atomic E-state index is 0.325. The molecule has 0 radical (unpaired) electrons. The number of ether oxygens (including phenoxy) is 1. The Morgan fingerprint density at radius 2 is 2.24 bits per heavy atom. The summed E-state index contributed by atoms with van der Waals surface area (Å²) in [6.45, 7) is 2.28. The molecule has 1 aromatic rings. The molecule has 3 N–H and O–H groups in total. The van der Waals surface area contributed by atoms with Crippen LogP contribution in [-0.2, 0) is 6.42 Å². The van der Waals surface area contributed by atoms with Gasteiger partial charge >= 0.3 is 0 Å². The molecule has 0 heterocycles. The highest BCUT2D eigenvalue weighted by molar-refractivity contribution is 9.10. The van der Waals surface area contributed by atoms with Gasteiger partial charge in [-0.1, -0.05) is 22.9 Å². The fraction of sp³-hybridized carbons (Fsp3) is 0.538. The van der Waals surface area contributed by atoms with Crippen LogP contribution in [0.3, 0.4) is 0 Å². The second kappa shape index (κ2) is 4.96. The number of rotatable bonds is 5. The maximum Gasteiger partial charge on any atom is 0.119 e. The van der Waals surface area contributed by atoms with Gasteiger partial charge < -0.3 is 4.74 Å². The van der Waals surface area contributed by atoms with Crippen molar-refractivity contribution in [1.82, 2.24) is 5.43 Å². The zero-order valence-corrected chi connectivity index (χ0v) is 11.9. The fourth-order valence-corrected chi connectivity index (χ4v) is 2.52. The lowest BCUT2D eigenvalue weighted by atomic mass is 9.93. The summed E-state index contributed by atoms with van der Waals surface area (Å²) in [6, 6.07) is 6.37. The van der Waals surface area contributed by atoms with Crippen molar-refractivity contribution in [3.05, 3.63) is 28.2 Å². The molecule has 0 spiro atoms. The van der Waals surface area contributed by atoms with Crippen LogP contribution in [0, 0.1) is 5.41 Å². The van der Waals surface area contributed by atoms with Crippen LogP contribution in [0.1, 0.15) is 25.3 Å². The molecule has 2 rings (SSSR count). The Balaban J connectivity index is 2.16. The molecule has 17 heavy (non-hydrogen) atoms. The van der Waals surface area contributed by atoms with Crippen molar-refractivity contribution in [2.75, 3.05) is 7.11 Å². The average molecular weight is 299 g/mol. The predicted molar refractivity (Wildman–Crippen MR) is 72.9 cm³/mol. The molecule has 1 aromatic carbocycles. The topological polar surface area (TPSA) is 47.3 Å². The van der Waals surface area contributed by atoms with Gasteiger partial charge in [0, 0.05) is 10.5 Å². The maximum absolute atomic E-state index is 5.67. The first-order valence-corrected chi connectivity index (χ1v) is 6.67. The highest BCUT2D eigenvalue weighted by Crippen LogP contribution is 2.49. The molecule has 4 heteroatoms. The highest BCUT2D eigenvalue weighted by atomic mass is 79.9. The molecule has 0 saturated heterocycles. The second-order valence-electron chi connectivity index (χ2n) is 5.03. The molecular formula is C13H19BrN2O. The lowest BCUT2D eigenvalue weighted by Gasteiger charge is -2.23. The standard InChI is InChI=1S/C13H19BrN2O/c1-13(5-6-13)12(16-15)8-9-7-10(17-2)3-4-11(9)14/h3-4,7,12,16H,5-6,8,15H2,1-2H3. The number of nitrogens with two attached hydrogens (primary N) is 1. The molecule has 3 nitrogen and oxygen atoms in total. The zero-order valence-electron chi connectivity index (χ0n) is 10.3. The van der Waals surface area contributed by atoms with E-state index in [0.717, 1.165) is 16.6 Å². The minimum Gasteiger partial charge on any atom is -0.497 e. The molecule has 1 unspecified atom stereocenters. The van der Waals surface area contributed by atoms with E-state index in [0.29, 0.717) is 11.5 Å². The Labute approximate surface area is 111 Å². The van der Waals surface area contributed by atoms with Gasteiger partial charge in [-0.25, -0.2) is 0 Å². The summed E-state index contributed by atoms with van der Waals surface area (Å²) in [4.78, 5) is 0. The van der Waals surface area contributed by atoms with Gasteiger partial charge in [0.05, 0.1) is 7.11 Å². The molecule has 0 bridgehead atoms. The highest BCUT2D eigenvalue weighted by Gasteiger charge is 2.44. The monoisotopic (exact) mass is 298 g/mol. The lowest BCUT2D eigenvalue weighted by molar-refractivity contribution is 0.358. The van der Waals surface area contributed by atoms with Crippen molar-refractivity contribution in [3.8, 4) is 5.75 Å². The van der Waals surface area contributed by atoms with Gasteiger partial charge in [0.25, 0.3) is 0 Å². The molecule has 1 atom stereocenters. The van der Waals surface area contributed by atoms with E-state index in [1.54, 1.807) is 7.11 Å². The van der Waals surface area contributed by atoms with Crippen molar-refractivity contribution in [1.29, 1.82) is 0 Å². The van der Waals surface area contributed by atoms with Crippen molar-refractivity contribution >= 4 is 15.9 Å². The van der Waals surface area contributed by atoms with E-state index in [1.807, 2.05) is 12.1 Å². The number of hydrogen-bond acceptors (Lipinski definition) is 3. The van der Waals surface area contributed by atoms with Gasteiger partial charge in [0.1, 0.15) is 5.75 Å². The molecule has 1 saturated carbocycles. The van der Waals surface area contributed by atoms with Gasteiger partial charge in [-0.3, -0.25) is 11.3 Å². The van der Waals surface area contributed by atoms with Gasteiger partial charge in [0.2, 0.25) is 0 Å². The SMILES string of the molecule is COc1ccc(Br)c(CC(NN)C2(C)CC2)c1. The van der Waals surface area contributed by atoms with Crippen LogP contribution in [0.5, 0.6) is 5.75 Å². The van der Waals surface area contributed by atoms with Crippen LogP contribution in [0.2, 0.25) is 0 Å². The summed E-state index contributed by atoms with van der Waals surface area (Å²) in [6.07, 6.45) is 3.43. The van der Waals surface area contributed by atoms with Crippen LogP contribution in [-0.4, -0.2) is 13.2 Å². The lowest BCUT2D eigenvalue weighted by Crippen LogP contribution is -2.42. The summed E-state index contributed by atoms with van der Waals surface area (Å²) in [5, 5.41) is 0. The molecule has 0 amide bonds. The third-order valence-corrected chi connectivity index (χ3v) is 4.53. The number of methoxy groups -OCH3 is 1. The first kappa shape index (κ1) is 12.9. The summed E-state index contributed by atoms with van der Waals surface area (Å²) < 4.78 is 6.37. The summed E-state index contributed by atoms with van der Waals surface area (Å²) in [5.74, 6) is 6.56. The van der Waals surface area contributed by atoms with E-state index in [1.165, 1.54) is 18.4 Å². The zero-order chi connectivity index (χ0) is 12.5. The summed E-state index contributed by atoms with van der Waals surface area (Å²) in [5.41, 5.74) is 4.55. The Bertz CT molecular complexity index is 404.